The standard InChI is InChI=1S/C18H30N2O6/c1-9(2)15(21)19-11(5)7-13(17(23)24)14(18(25)26)8-12(6)20-16(22)10(3)4/h9-12H,7-8H2,1-6H3,(H,19,21)(H,20,22)(H,23,24)(H,25,26)/b14-13+/t11-,12-/m0/s1. The van der Waals surface area contributed by atoms with Crippen LogP contribution >= 0.6 is 0 Å². The highest BCUT2D eigenvalue weighted by molar-refractivity contribution is 5.99. The number of rotatable bonds is 10. The number of nitrogens with one attached hydrogen (secondary N) is 2. The second-order valence-corrected chi connectivity index (χ2v) is 7.10. The van der Waals surface area contributed by atoms with E-state index in [0.29, 0.717) is 0 Å². The molecule has 0 aromatic carbocycles. The van der Waals surface area contributed by atoms with E-state index in [1.54, 1.807) is 41.5 Å². The topological polar surface area (TPSA) is 133 Å². The van der Waals surface area contributed by atoms with E-state index in [4.69, 9.17) is 0 Å². The Morgan fingerprint density at radius 3 is 1.12 bits per heavy atom. The van der Waals surface area contributed by atoms with Gasteiger partial charge in [0.05, 0.1) is 0 Å². The van der Waals surface area contributed by atoms with Crippen LogP contribution in [0.5, 0.6) is 0 Å². The van der Waals surface area contributed by atoms with E-state index in [2.05, 4.69) is 10.6 Å². The van der Waals surface area contributed by atoms with Gasteiger partial charge in [-0.25, -0.2) is 9.59 Å². The van der Waals surface area contributed by atoms with Crippen LogP contribution in [-0.4, -0.2) is 46.0 Å². The summed E-state index contributed by atoms with van der Waals surface area (Å²) < 4.78 is 0. The lowest BCUT2D eigenvalue weighted by Gasteiger charge is -2.20. The molecule has 0 aromatic heterocycles. The molecular formula is C18H30N2O6. The Labute approximate surface area is 154 Å². The van der Waals surface area contributed by atoms with Gasteiger partial charge < -0.3 is 20.8 Å². The van der Waals surface area contributed by atoms with Crippen LogP contribution in [-0.2, 0) is 19.2 Å². The van der Waals surface area contributed by atoms with Gasteiger partial charge in [-0.1, -0.05) is 27.7 Å². The predicted octanol–water partition coefficient (Wildman–Crippen LogP) is 1.55. The molecule has 0 rings (SSSR count). The van der Waals surface area contributed by atoms with Gasteiger partial charge in [-0.3, -0.25) is 9.59 Å². The summed E-state index contributed by atoms with van der Waals surface area (Å²) >= 11 is 0. The maximum atomic E-state index is 11.7. The van der Waals surface area contributed by atoms with Crippen molar-refractivity contribution in [3.05, 3.63) is 11.1 Å². The Morgan fingerprint density at radius 1 is 0.654 bits per heavy atom. The molecule has 0 heterocycles. The number of amides is 2. The molecule has 8 heteroatoms. The third-order valence-corrected chi connectivity index (χ3v) is 3.73. The van der Waals surface area contributed by atoms with Gasteiger partial charge in [0.2, 0.25) is 11.8 Å². The maximum absolute atomic E-state index is 11.7. The van der Waals surface area contributed by atoms with Gasteiger partial charge >= 0.3 is 11.9 Å². The van der Waals surface area contributed by atoms with Crippen molar-refractivity contribution in [2.45, 2.75) is 66.5 Å². The van der Waals surface area contributed by atoms with E-state index in [9.17, 15) is 29.4 Å². The fourth-order valence-electron chi connectivity index (χ4n) is 2.21. The lowest BCUT2D eigenvalue weighted by atomic mass is 9.96. The molecule has 26 heavy (non-hydrogen) atoms. The normalized spacial score (nSPS) is 14.5. The summed E-state index contributed by atoms with van der Waals surface area (Å²) in [5, 5.41) is 24.2. The summed E-state index contributed by atoms with van der Waals surface area (Å²) in [6, 6.07) is -1.07. The summed E-state index contributed by atoms with van der Waals surface area (Å²) in [5.74, 6) is -3.71. The molecule has 0 saturated heterocycles. The monoisotopic (exact) mass is 370 g/mol. The minimum absolute atomic E-state index is 0.125. The van der Waals surface area contributed by atoms with Crippen molar-refractivity contribution >= 4 is 23.8 Å². The second-order valence-electron chi connectivity index (χ2n) is 7.10. The third-order valence-electron chi connectivity index (χ3n) is 3.73. The minimum Gasteiger partial charge on any atom is -0.478 e. The zero-order chi connectivity index (χ0) is 20.6. The van der Waals surface area contributed by atoms with Crippen LogP contribution in [0.2, 0.25) is 0 Å². The van der Waals surface area contributed by atoms with Crippen LogP contribution in [0.25, 0.3) is 0 Å². The van der Waals surface area contributed by atoms with Crippen molar-refractivity contribution in [1.82, 2.24) is 10.6 Å². The summed E-state index contributed by atoms with van der Waals surface area (Å²) in [6.45, 7) is 10.1. The predicted molar refractivity (Wildman–Crippen MR) is 96.4 cm³/mol. The molecule has 0 aromatic rings. The average molecular weight is 370 g/mol. The Morgan fingerprint density at radius 2 is 0.923 bits per heavy atom. The molecule has 0 radical (unpaired) electrons. The number of carbonyl (C=O) groups is 4. The van der Waals surface area contributed by atoms with E-state index in [1.165, 1.54) is 0 Å². The summed E-state index contributed by atoms with van der Waals surface area (Å²) in [4.78, 5) is 46.6. The highest BCUT2D eigenvalue weighted by Gasteiger charge is 2.25. The molecule has 148 valence electrons. The van der Waals surface area contributed by atoms with Gasteiger partial charge in [-0.15, -0.1) is 0 Å². The minimum atomic E-state index is -1.35. The first-order valence-electron chi connectivity index (χ1n) is 8.66. The molecule has 2 amide bonds. The van der Waals surface area contributed by atoms with Crippen LogP contribution in [0.1, 0.15) is 54.4 Å². The van der Waals surface area contributed by atoms with E-state index in [-0.39, 0.29) is 47.6 Å². The smallest absolute Gasteiger partial charge is 0.332 e. The van der Waals surface area contributed by atoms with Crippen molar-refractivity contribution in [1.29, 1.82) is 0 Å². The van der Waals surface area contributed by atoms with Crippen LogP contribution < -0.4 is 10.6 Å². The number of carboxylic acid groups (broad SMARTS) is 2. The van der Waals surface area contributed by atoms with Gasteiger partial charge in [-0.05, 0) is 13.8 Å². The Balaban J connectivity index is 5.41. The van der Waals surface area contributed by atoms with Gasteiger partial charge in [0, 0.05) is 47.9 Å². The number of hydrogen-bond donors (Lipinski definition) is 4. The molecule has 0 aliphatic rings. The molecular weight excluding hydrogens is 340 g/mol. The lowest BCUT2D eigenvalue weighted by Crippen LogP contribution is -2.38. The van der Waals surface area contributed by atoms with Crippen molar-refractivity contribution in [2.75, 3.05) is 0 Å². The van der Waals surface area contributed by atoms with Crippen molar-refractivity contribution < 1.29 is 29.4 Å². The van der Waals surface area contributed by atoms with E-state index in [1.807, 2.05) is 0 Å². The highest BCUT2D eigenvalue weighted by atomic mass is 16.4. The van der Waals surface area contributed by atoms with Crippen molar-refractivity contribution in [3.63, 3.8) is 0 Å². The second kappa shape index (κ2) is 10.6. The first-order valence-corrected chi connectivity index (χ1v) is 8.66. The molecule has 0 fully saturated rings. The fourth-order valence-corrected chi connectivity index (χ4v) is 2.21. The maximum Gasteiger partial charge on any atom is 0.332 e. The van der Waals surface area contributed by atoms with Crippen LogP contribution in [0.4, 0.5) is 0 Å². The fraction of sp³-hybridized carbons (Fsp3) is 0.667. The number of hydrogen-bond acceptors (Lipinski definition) is 4. The average Bonchev–Trinajstić information content (AvgIpc) is 2.49. The highest BCUT2D eigenvalue weighted by Crippen LogP contribution is 2.18. The summed E-state index contributed by atoms with van der Waals surface area (Å²) in [7, 11) is 0. The number of aliphatic carboxylic acids is 2. The number of carboxylic acids is 2. The van der Waals surface area contributed by atoms with Crippen LogP contribution in [0.3, 0.4) is 0 Å². The van der Waals surface area contributed by atoms with E-state index >= 15 is 0 Å². The van der Waals surface area contributed by atoms with Crippen LogP contribution in [0.15, 0.2) is 11.1 Å². The summed E-state index contributed by atoms with van der Waals surface area (Å²) in [6.07, 6.45) is -0.249. The molecule has 0 aliphatic heterocycles. The molecule has 0 spiro atoms. The summed E-state index contributed by atoms with van der Waals surface area (Å²) in [5.41, 5.74) is -0.556. The van der Waals surface area contributed by atoms with E-state index < -0.39 is 24.0 Å². The molecule has 8 nitrogen and oxygen atoms in total. The van der Waals surface area contributed by atoms with Gasteiger partial charge in [0.25, 0.3) is 0 Å². The molecule has 0 aliphatic carbocycles. The molecule has 0 unspecified atom stereocenters. The van der Waals surface area contributed by atoms with Crippen LogP contribution in [0, 0.1) is 11.8 Å². The zero-order valence-electron chi connectivity index (χ0n) is 16.3. The quantitative estimate of drug-likeness (QED) is 0.431. The van der Waals surface area contributed by atoms with Gasteiger partial charge in [-0.2, -0.15) is 0 Å². The van der Waals surface area contributed by atoms with Gasteiger partial charge in [0.1, 0.15) is 0 Å². The molecule has 0 saturated carbocycles. The van der Waals surface area contributed by atoms with E-state index in [0.717, 1.165) is 0 Å². The largest absolute Gasteiger partial charge is 0.478 e. The first kappa shape index (κ1) is 23.6. The number of carbonyl (C=O) groups excluding carboxylic acids is 2. The zero-order valence-corrected chi connectivity index (χ0v) is 16.3. The molecule has 0 bridgehead atoms. The Kier molecular flexibility index (Phi) is 9.61. The van der Waals surface area contributed by atoms with Gasteiger partial charge in [0.15, 0.2) is 0 Å². The molecule has 2 atom stereocenters. The van der Waals surface area contributed by atoms with Crippen molar-refractivity contribution in [2.24, 2.45) is 11.8 Å². The SMILES string of the molecule is CC(C)C(=O)N[C@@H](C)C/C(C(=O)O)=C(/C[C@H](C)NC(=O)C(C)C)C(=O)O. The molecule has 4 N–H and O–H groups in total. The Bertz CT molecular complexity index is 530. The Hall–Kier alpha value is -2.38. The first-order chi connectivity index (χ1) is 11.9. The van der Waals surface area contributed by atoms with Crippen molar-refractivity contribution in [3.8, 4) is 0 Å². The third kappa shape index (κ3) is 8.13. The lowest BCUT2D eigenvalue weighted by molar-refractivity contribution is -0.136.